The fourth-order valence-electron chi connectivity index (χ4n) is 5.77. The predicted molar refractivity (Wildman–Crippen MR) is 151 cm³/mol. The van der Waals surface area contributed by atoms with Gasteiger partial charge in [-0.3, -0.25) is 15.3 Å². The van der Waals surface area contributed by atoms with E-state index in [0.717, 1.165) is 106 Å². The Hall–Kier alpha value is -3.05. The summed E-state index contributed by atoms with van der Waals surface area (Å²) in [5.41, 5.74) is 4.53. The van der Waals surface area contributed by atoms with E-state index < -0.39 is 6.23 Å². The molecule has 208 valence electrons. The van der Waals surface area contributed by atoms with E-state index in [-0.39, 0.29) is 12.1 Å². The first kappa shape index (κ1) is 26.2. The van der Waals surface area contributed by atoms with Crippen molar-refractivity contribution in [3.63, 3.8) is 0 Å². The SMILES string of the molecule is CN1CCN(c2ccc(C(O)N[C@H]3CC[C@@H](Oc4cc(N5CCOCC5)cc5nccnc45)CC3)nc2)CC1. The van der Waals surface area contributed by atoms with Crippen molar-refractivity contribution in [3.05, 3.63) is 48.5 Å². The fraction of sp³-hybridized carbons (Fsp3) is 0.552. The van der Waals surface area contributed by atoms with Crippen LogP contribution in [0.2, 0.25) is 0 Å². The van der Waals surface area contributed by atoms with Gasteiger partial charge in [0.2, 0.25) is 0 Å². The zero-order valence-electron chi connectivity index (χ0n) is 22.7. The molecule has 0 spiro atoms. The number of fused-ring (bicyclic) bond motifs is 1. The fourth-order valence-corrected chi connectivity index (χ4v) is 5.77. The van der Waals surface area contributed by atoms with Gasteiger partial charge in [0, 0.05) is 69.5 Å². The summed E-state index contributed by atoms with van der Waals surface area (Å²) in [4.78, 5) is 20.7. The van der Waals surface area contributed by atoms with Crippen LogP contribution in [0.5, 0.6) is 5.75 Å². The molecule has 3 fully saturated rings. The van der Waals surface area contributed by atoms with E-state index in [1.54, 1.807) is 12.4 Å². The molecule has 0 radical (unpaired) electrons. The number of morpholine rings is 1. The maximum atomic E-state index is 10.8. The van der Waals surface area contributed by atoms with Crippen LogP contribution in [0.4, 0.5) is 11.4 Å². The zero-order chi connectivity index (χ0) is 26.6. The second kappa shape index (κ2) is 12.0. The highest BCUT2D eigenvalue weighted by Crippen LogP contribution is 2.33. The molecule has 1 saturated carbocycles. The van der Waals surface area contributed by atoms with Gasteiger partial charge in [-0.25, -0.2) is 4.98 Å². The highest BCUT2D eigenvalue weighted by Gasteiger charge is 2.26. The molecule has 3 aromatic rings. The number of hydrogen-bond acceptors (Lipinski definition) is 10. The van der Waals surface area contributed by atoms with Crippen molar-refractivity contribution in [2.45, 2.75) is 44.1 Å². The van der Waals surface area contributed by atoms with Gasteiger partial charge in [-0.2, -0.15) is 0 Å². The van der Waals surface area contributed by atoms with Gasteiger partial charge in [-0.05, 0) is 50.9 Å². The lowest BCUT2D eigenvalue weighted by molar-refractivity contribution is 0.0866. The molecule has 6 rings (SSSR count). The quantitative estimate of drug-likeness (QED) is 0.441. The number of likely N-dealkylation sites (N-methyl/N-ethyl adjacent to an activating group) is 1. The number of piperazine rings is 1. The Bertz CT molecular complexity index is 1220. The second-order valence-corrected chi connectivity index (χ2v) is 10.9. The molecule has 2 aliphatic heterocycles. The average Bonchev–Trinajstić information content (AvgIpc) is 2.99. The molecule has 10 heteroatoms. The van der Waals surface area contributed by atoms with Gasteiger partial charge in [0.1, 0.15) is 17.5 Å². The molecule has 4 heterocycles. The normalized spacial score (nSPS) is 23.6. The van der Waals surface area contributed by atoms with Gasteiger partial charge in [0.15, 0.2) is 0 Å². The molecule has 1 unspecified atom stereocenters. The van der Waals surface area contributed by atoms with Gasteiger partial charge in [0.05, 0.1) is 42.4 Å². The molecule has 0 amide bonds. The third-order valence-corrected chi connectivity index (χ3v) is 8.18. The molecule has 1 atom stereocenters. The molecule has 3 aliphatic rings. The lowest BCUT2D eigenvalue weighted by atomic mass is 9.92. The van der Waals surface area contributed by atoms with Gasteiger partial charge < -0.3 is 29.3 Å². The molecular formula is C29H39N7O3. The monoisotopic (exact) mass is 533 g/mol. The number of aliphatic hydroxyl groups excluding tert-OH is 1. The lowest BCUT2D eigenvalue weighted by Gasteiger charge is -2.34. The zero-order valence-corrected chi connectivity index (χ0v) is 22.7. The van der Waals surface area contributed by atoms with Crippen LogP contribution < -0.4 is 19.9 Å². The Morgan fingerprint density at radius 1 is 0.897 bits per heavy atom. The van der Waals surface area contributed by atoms with Crippen molar-refractivity contribution in [1.82, 2.24) is 25.2 Å². The van der Waals surface area contributed by atoms with Crippen LogP contribution in [0.1, 0.15) is 37.6 Å². The first-order chi connectivity index (χ1) is 19.1. The Kier molecular flexibility index (Phi) is 8.05. The van der Waals surface area contributed by atoms with Crippen LogP contribution in [0.25, 0.3) is 11.0 Å². The molecular weight excluding hydrogens is 494 g/mol. The standard InChI is InChI=1S/C29H39N7O3/c1-34-10-12-35(13-11-34)22-4-7-25(32-20-22)29(37)33-21-2-5-24(6-3-21)39-27-19-23(36-14-16-38-17-15-36)18-26-28(27)31-9-8-30-26/h4,7-9,18-21,24,29,33,37H,2-3,5-6,10-17H2,1H3/t21-,24+,29?. The average molecular weight is 534 g/mol. The lowest BCUT2D eigenvalue weighted by Crippen LogP contribution is -2.44. The van der Waals surface area contributed by atoms with Crippen molar-refractivity contribution >= 4 is 22.4 Å². The van der Waals surface area contributed by atoms with Gasteiger partial charge >= 0.3 is 0 Å². The molecule has 2 N–H and O–H groups in total. The smallest absolute Gasteiger partial charge is 0.149 e. The maximum Gasteiger partial charge on any atom is 0.149 e. The molecule has 10 nitrogen and oxygen atoms in total. The van der Waals surface area contributed by atoms with Crippen LogP contribution in [-0.4, -0.2) is 96.6 Å². The van der Waals surface area contributed by atoms with Crippen LogP contribution in [0.3, 0.4) is 0 Å². The number of ether oxygens (including phenoxy) is 2. The number of nitrogens with zero attached hydrogens (tertiary/aromatic N) is 6. The summed E-state index contributed by atoms with van der Waals surface area (Å²) in [6.45, 7) is 7.30. The summed E-state index contributed by atoms with van der Waals surface area (Å²) in [7, 11) is 2.15. The van der Waals surface area contributed by atoms with E-state index >= 15 is 0 Å². The van der Waals surface area contributed by atoms with E-state index in [2.05, 4.69) is 60.2 Å². The summed E-state index contributed by atoms with van der Waals surface area (Å²) in [6.07, 6.45) is 8.32. The van der Waals surface area contributed by atoms with Gasteiger partial charge in [0.25, 0.3) is 0 Å². The first-order valence-electron chi connectivity index (χ1n) is 14.2. The number of nitrogens with one attached hydrogen (secondary N) is 1. The predicted octanol–water partition coefficient (Wildman–Crippen LogP) is 2.58. The number of rotatable bonds is 7. The Balaban J connectivity index is 1.04. The number of hydrogen-bond donors (Lipinski definition) is 2. The van der Waals surface area contributed by atoms with Crippen molar-refractivity contribution < 1.29 is 14.6 Å². The van der Waals surface area contributed by atoms with Gasteiger partial charge in [-0.15, -0.1) is 0 Å². The number of benzene rings is 1. The highest BCUT2D eigenvalue weighted by atomic mass is 16.5. The third-order valence-electron chi connectivity index (χ3n) is 8.18. The molecule has 0 bridgehead atoms. The number of anilines is 2. The minimum atomic E-state index is -0.779. The topological polar surface area (TPSA) is 99.1 Å². The largest absolute Gasteiger partial charge is 0.488 e. The Morgan fingerprint density at radius 2 is 1.64 bits per heavy atom. The Morgan fingerprint density at radius 3 is 2.38 bits per heavy atom. The summed E-state index contributed by atoms with van der Waals surface area (Å²) in [5.74, 6) is 0.795. The van der Waals surface area contributed by atoms with Crippen LogP contribution in [0.15, 0.2) is 42.9 Å². The highest BCUT2D eigenvalue weighted by molar-refractivity contribution is 5.85. The minimum absolute atomic E-state index is 0.103. The van der Waals surface area contributed by atoms with E-state index in [4.69, 9.17) is 9.47 Å². The van der Waals surface area contributed by atoms with E-state index in [1.807, 2.05) is 12.3 Å². The second-order valence-electron chi connectivity index (χ2n) is 10.9. The van der Waals surface area contributed by atoms with Crippen molar-refractivity contribution in [3.8, 4) is 5.75 Å². The van der Waals surface area contributed by atoms with Crippen LogP contribution in [-0.2, 0) is 4.74 Å². The first-order valence-corrected chi connectivity index (χ1v) is 14.2. The van der Waals surface area contributed by atoms with Crippen LogP contribution in [0, 0.1) is 0 Å². The molecule has 2 aromatic heterocycles. The van der Waals surface area contributed by atoms with E-state index in [1.165, 1.54) is 0 Å². The van der Waals surface area contributed by atoms with E-state index in [9.17, 15) is 5.11 Å². The van der Waals surface area contributed by atoms with E-state index in [0.29, 0.717) is 5.69 Å². The van der Waals surface area contributed by atoms with Crippen LogP contribution >= 0.6 is 0 Å². The number of pyridine rings is 1. The maximum absolute atomic E-state index is 10.8. The minimum Gasteiger partial charge on any atom is -0.488 e. The number of aromatic nitrogens is 3. The summed E-state index contributed by atoms with van der Waals surface area (Å²) in [5, 5.41) is 14.2. The molecule has 1 aromatic carbocycles. The Labute approximate surface area is 230 Å². The molecule has 1 aliphatic carbocycles. The number of aliphatic hydroxyl groups is 1. The summed E-state index contributed by atoms with van der Waals surface area (Å²) >= 11 is 0. The summed E-state index contributed by atoms with van der Waals surface area (Å²) < 4.78 is 12.1. The van der Waals surface area contributed by atoms with Crippen molar-refractivity contribution in [2.75, 3.05) is 69.3 Å². The van der Waals surface area contributed by atoms with Gasteiger partial charge in [-0.1, -0.05) is 0 Å². The van der Waals surface area contributed by atoms with Crippen molar-refractivity contribution in [1.29, 1.82) is 0 Å². The molecule has 39 heavy (non-hydrogen) atoms. The molecule has 2 saturated heterocycles. The van der Waals surface area contributed by atoms with Crippen molar-refractivity contribution in [2.24, 2.45) is 0 Å². The third kappa shape index (κ3) is 6.24. The summed E-state index contributed by atoms with van der Waals surface area (Å²) in [6, 6.07) is 8.42.